The highest BCUT2D eigenvalue weighted by atomic mass is 16.2. The zero-order valence-corrected chi connectivity index (χ0v) is 12.3. The molecule has 3 rings (SSSR count). The molecule has 3 aliphatic rings. The highest BCUT2D eigenvalue weighted by Crippen LogP contribution is 2.49. The summed E-state index contributed by atoms with van der Waals surface area (Å²) in [6.45, 7) is 1.85. The molecule has 0 spiro atoms. The third kappa shape index (κ3) is 2.24. The molecule has 3 atom stereocenters. The molecule has 0 aromatic rings. The summed E-state index contributed by atoms with van der Waals surface area (Å²) in [5.41, 5.74) is 6.80. The van der Waals surface area contributed by atoms with Crippen LogP contribution < -0.4 is 5.73 Å². The van der Waals surface area contributed by atoms with Crippen molar-refractivity contribution < 1.29 is 4.79 Å². The number of hydrogen-bond donors (Lipinski definition) is 1. The van der Waals surface area contributed by atoms with Crippen molar-refractivity contribution in [1.29, 1.82) is 0 Å². The van der Waals surface area contributed by atoms with Crippen LogP contribution in [0, 0.1) is 17.8 Å². The van der Waals surface area contributed by atoms with Crippen molar-refractivity contribution in [3.8, 4) is 0 Å². The van der Waals surface area contributed by atoms with Gasteiger partial charge in [0.1, 0.15) is 0 Å². The van der Waals surface area contributed by atoms with Gasteiger partial charge in [-0.1, -0.05) is 12.8 Å². The Balaban J connectivity index is 1.62. The predicted octanol–water partition coefficient (Wildman–Crippen LogP) is 1.90. The zero-order valence-electron chi connectivity index (χ0n) is 12.3. The van der Waals surface area contributed by atoms with E-state index in [9.17, 15) is 4.79 Å². The molecule has 2 amide bonds. The molecule has 1 saturated heterocycles. The maximum Gasteiger partial charge on any atom is 0.319 e. The van der Waals surface area contributed by atoms with Crippen molar-refractivity contribution in [3.05, 3.63) is 0 Å². The van der Waals surface area contributed by atoms with Gasteiger partial charge in [0.2, 0.25) is 0 Å². The molecule has 4 nitrogen and oxygen atoms in total. The molecule has 0 radical (unpaired) electrons. The minimum Gasteiger partial charge on any atom is -0.331 e. The third-order valence-electron chi connectivity index (χ3n) is 5.68. The topological polar surface area (TPSA) is 49.6 Å². The zero-order chi connectivity index (χ0) is 13.6. The Morgan fingerprint density at radius 1 is 1.16 bits per heavy atom. The lowest BCUT2D eigenvalue weighted by molar-refractivity contribution is 0.172. The number of carbonyl (C=O) groups excluding carboxylic acids is 1. The standard InChI is InChI=1S/C15H27N3O/c1-17(2)14(19)18-9-11-7-15(16,8-12(11)10-18)13-5-3-4-6-13/h11-13H,3-10,16H2,1-2H3/t11-,12+,15-. The Morgan fingerprint density at radius 2 is 1.68 bits per heavy atom. The largest absolute Gasteiger partial charge is 0.331 e. The summed E-state index contributed by atoms with van der Waals surface area (Å²) >= 11 is 0. The second-order valence-electron chi connectivity index (χ2n) is 7.22. The molecule has 108 valence electrons. The van der Waals surface area contributed by atoms with Crippen LogP contribution in [0.3, 0.4) is 0 Å². The summed E-state index contributed by atoms with van der Waals surface area (Å²) in [5, 5.41) is 0. The second kappa shape index (κ2) is 4.65. The molecule has 2 aliphatic carbocycles. The summed E-state index contributed by atoms with van der Waals surface area (Å²) in [6, 6.07) is 0.165. The quantitative estimate of drug-likeness (QED) is 0.787. The molecule has 1 aliphatic heterocycles. The lowest BCUT2D eigenvalue weighted by atomic mass is 9.81. The van der Waals surface area contributed by atoms with E-state index in [-0.39, 0.29) is 11.6 Å². The average Bonchev–Trinajstić information content (AvgIpc) is 3.00. The van der Waals surface area contributed by atoms with E-state index in [4.69, 9.17) is 5.73 Å². The number of hydrogen-bond acceptors (Lipinski definition) is 2. The molecular formula is C15H27N3O. The molecule has 3 fully saturated rings. The van der Waals surface area contributed by atoms with Crippen LogP contribution in [0.4, 0.5) is 4.79 Å². The van der Waals surface area contributed by atoms with Crippen LogP contribution in [0.1, 0.15) is 38.5 Å². The first kappa shape index (κ1) is 13.2. The van der Waals surface area contributed by atoms with E-state index in [1.54, 1.807) is 4.90 Å². The molecule has 0 bridgehead atoms. The van der Waals surface area contributed by atoms with Crippen molar-refractivity contribution in [2.75, 3.05) is 27.2 Å². The summed E-state index contributed by atoms with van der Waals surface area (Å²) in [4.78, 5) is 15.7. The maximum atomic E-state index is 12.0. The average molecular weight is 265 g/mol. The highest BCUT2D eigenvalue weighted by molar-refractivity contribution is 5.74. The van der Waals surface area contributed by atoms with Crippen LogP contribution in [0.15, 0.2) is 0 Å². The summed E-state index contributed by atoms with van der Waals surface area (Å²) in [5.74, 6) is 2.04. The Morgan fingerprint density at radius 3 is 2.16 bits per heavy atom. The first-order valence-electron chi connectivity index (χ1n) is 7.75. The fourth-order valence-electron chi connectivity index (χ4n) is 4.73. The molecule has 2 saturated carbocycles. The van der Waals surface area contributed by atoms with Crippen molar-refractivity contribution in [2.24, 2.45) is 23.5 Å². The van der Waals surface area contributed by atoms with Crippen molar-refractivity contribution in [1.82, 2.24) is 9.80 Å². The first-order valence-corrected chi connectivity index (χ1v) is 7.75. The predicted molar refractivity (Wildman–Crippen MR) is 75.7 cm³/mol. The molecule has 0 unspecified atom stereocenters. The lowest BCUT2D eigenvalue weighted by Crippen LogP contribution is -2.46. The summed E-state index contributed by atoms with van der Waals surface area (Å²) in [7, 11) is 3.67. The van der Waals surface area contributed by atoms with Gasteiger partial charge in [0.15, 0.2) is 0 Å². The number of nitrogens with two attached hydrogens (primary N) is 1. The van der Waals surface area contributed by atoms with E-state index in [1.807, 2.05) is 19.0 Å². The van der Waals surface area contributed by atoms with Crippen LogP contribution in [0.5, 0.6) is 0 Å². The van der Waals surface area contributed by atoms with Crippen LogP contribution >= 0.6 is 0 Å². The Labute approximate surface area is 116 Å². The molecule has 19 heavy (non-hydrogen) atoms. The van der Waals surface area contributed by atoms with Gasteiger partial charge in [0.05, 0.1) is 0 Å². The van der Waals surface area contributed by atoms with Gasteiger partial charge < -0.3 is 15.5 Å². The number of nitrogens with zero attached hydrogens (tertiary/aromatic N) is 2. The molecular weight excluding hydrogens is 238 g/mol. The minimum atomic E-state index is 0.0824. The third-order valence-corrected chi connectivity index (χ3v) is 5.68. The van der Waals surface area contributed by atoms with Gasteiger partial charge in [-0.3, -0.25) is 0 Å². The smallest absolute Gasteiger partial charge is 0.319 e. The van der Waals surface area contributed by atoms with Crippen LogP contribution in [-0.4, -0.2) is 48.6 Å². The molecule has 4 heteroatoms. The van der Waals surface area contributed by atoms with Crippen LogP contribution in [0.2, 0.25) is 0 Å². The van der Waals surface area contributed by atoms with Gasteiger partial charge in [0, 0.05) is 32.7 Å². The lowest BCUT2D eigenvalue weighted by Gasteiger charge is -2.33. The number of fused-ring (bicyclic) bond motifs is 1. The maximum absolute atomic E-state index is 12.0. The van der Waals surface area contributed by atoms with E-state index < -0.39 is 0 Å². The van der Waals surface area contributed by atoms with Gasteiger partial charge in [-0.25, -0.2) is 4.79 Å². The molecule has 0 aromatic carbocycles. The summed E-state index contributed by atoms with van der Waals surface area (Å²) < 4.78 is 0. The first-order chi connectivity index (χ1) is 8.99. The SMILES string of the molecule is CN(C)C(=O)N1C[C@@H]2C[C@@](N)(C3CCCC3)C[C@@H]2C1. The van der Waals surface area contributed by atoms with E-state index in [0.717, 1.165) is 31.8 Å². The Hall–Kier alpha value is -0.770. The van der Waals surface area contributed by atoms with E-state index in [1.165, 1.54) is 25.7 Å². The van der Waals surface area contributed by atoms with E-state index >= 15 is 0 Å². The molecule has 1 heterocycles. The van der Waals surface area contributed by atoms with Gasteiger partial charge in [-0.15, -0.1) is 0 Å². The summed E-state index contributed by atoms with van der Waals surface area (Å²) in [6.07, 6.45) is 7.67. The number of urea groups is 1. The van der Waals surface area contributed by atoms with Crippen LogP contribution in [0.25, 0.3) is 0 Å². The van der Waals surface area contributed by atoms with Gasteiger partial charge in [0.25, 0.3) is 0 Å². The normalized spacial score (nSPS) is 38.8. The van der Waals surface area contributed by atoms with Gasteiger partial charge in [-0.2, -0.15) is 0 Å². The van der Waals surface area contributed by atoms with Crippen molar-refractivity contribution >= 4 is 6.03 Å². The van der Waals surface area contributed by atoms with E-state index in [0.29, 0.717) is 11.8 Å². The molecule has 0 aromatic heterocycles. The Bertz CT molecular complexity index is 348. The monoisotopic (exact) mass is 265 g/mol. The van der Waals surface area contributed by atoms with Crippen molar-refractivity contribution in [3.63, 3.8) is 0 Å². The number of likely N-dealkylation sites (tertiary alicyclic amines) is 1. The fraction of sp³-hybridized carbons (Fsp3) is 0.933. The van der Waals surface area contributed by atoms with Crippen molar-refractivity contribution in [2.45, 2.75) is 44.1 Å². The Kier molecular flexibility index (Phi) is 3.24. The number of rotatable bonds is 1. The number of amides is 2. The minimum absolute atomic E-state index is 0.0824. The highest BCUT2D eigenvalue weighted by Gasteiger charge is 2.51. The van der Waals surface area contributed by atoms with Gasteiger partial charge >= 0.3 is 6.03 Å². The molecule has 2 N–H and O–H groups in total. The second-order valence-corrected chi connectivity index (χ2v) is 7.22. The fourth-order valence-corrected chi connectivity index (χ4v) is 4.73. The number of carbonyl (C=O) groups is 1. The van der Waals surface area contributed by atoms with Crippen LogP contribution in [-0.2, 0) is 0 Å². The van der Waals surface area contributed by atoms with Gasteiger partial charge in [-0.05, 0) is 43.4 Å². The van der Waals surface area contributed by atoms with E-state index in [2.05, 4.69) is 0 Å².